The Morgan fingerprint density at radius 2 is 1.68 bits per heavy atom. The standard InChI is InChI=1S/C28H31N5O3S/c1-37(35,36)32-23-13-11-22(12-14-23)31-28(34)26-15-19-9-10-20(27(29)30)16-25(19)33(26)17-21-7-4-6-18-5-2-3-8-24(18)21/h2-10,15-16,22-23,32H,11-14,17H2,1H3,(H3,29,30)(H,31,34)/t22-,23-. The number of carbonyl (C=O) groups is 1. The first-order valence-corrected chi connectivity index (χ1v) is 14.3. The normalized spacial score (nSPS) is 18.2. The summed E-state index contributed by atoms with van der Waals surface area (Å²) in [6, 6.07) is 21.7. The van der Waals surface area contributed by atoms with E-state index in [9.17, 15) is 13.2 Å². The molecule has 5 N–H and O–H groups in total. The highest BCUT2D eigenvalue weighted by Crippen LogP contribution is 2.27. The predicted molar refractivity (Wildman–Crippen MR) is 147 cm³/mol. The molecule has 3 aromatic carbocycles. The van der Waals surface area contributed by atoms with Crippen LogP contribution in [-0.4, -0.2) is 43.1 Å². The quantitative estimate of drug-likeness (QED) is 0.220. The Hall–Kier alpha value is -3.69. The summed E-state index contributed by atoms with van der Waals surface area (Å²) in [5.41, 5.74) is 8.85. The van der Waals surface area contributed by atoms with Crippen LogP contribution in [0.3, 0.4) is 0 Å². The van der Waals surface area contributed by atoms with Crippen molar-refractivity contribution in [2.45, 2.75) is 44.3 Å². The van der Waals surface area contributed by atoms with E-state index in [2.05, 4.69) is 34.3 Å². The minimum absolute atomic E-state index is 0.0229. The number of amides is 1. The summed E-state index contributed by atoms with van der Waals surface area (Å²) in [6.45, 7) is 0.486. The maximum Gasteiger partial charge on any atom is 0.268 e. The van der Waals surface area contributed by atoms with Gasteiger partial charge in [-0.15, -0.1) is 0 Å². The molecule has 0 unspecified atom stereocenters. The molecule has 1 fully saturated rings. The number of nitrogens with zero attached hydrogens (tertiary/aromatic N) is 1. The number of nitrogen functional groups attached to an aromatic ring is 1. The van der Waals surface area contributed by atoms with Gasteiger partial charge in [-0.1, -0.05) is 54.6 Å². The third kappa shape index (κ3) is 5.52. The summed E-state index contributed by atoms with van der Waals surface area (Å²) in [4.78, 5) is 13.6. The van der Waals surface area contributed by atoms with Crippen LogP contribution in [0.5, 0.6) is 0 Å². The topological polar surface area (TPSA) is 130 Å². The lowest BCUT2D eigenvalue weighted by molar-refractivity contribution is 0.0916. The molecular weight excluding hydrogens is 486 g/mol. The van der Waals surface area contributed by atoms with Crippen LogP contribution in [0, 0.1) is 5.41 Å². The van der Waals surface area contributed by atoms with E-state index >= 15 is 0 Å². The molecule has 0 radical (unpaired) electrons. The Morgan fingerprint density at radius 3 is 2.41 bits per heavy atom. The van der Waals surface area contributed by atoms with E-state index in [1.807, 2.05) is 41.0 Å². The van der Waals surface area contributed by atoms with Gasteiger partial charge < -0.3 is 15.6 Å². The summed E-state index contributed by atoms with van der Waals surface area (Å²) in [5.74, 6) is -0.189. The molecule has 0 atom stereocenters. The van der Waals surface area contributed by atoms with Gasteiger partial charge in [0.15, 0.2) is 0 Å². The van der Waals surface area contributed by atoms with Crippen LogP contribution in [-0.2, 0) is 16.6 Å². The number of benzene rings is 3. The Labute approximate surface area is 216 Å². The summed E-state index contributed by atoms with van der Waals surface area (Å²) in [5, 5.41) is 14.2. The summed E-state index contributed by atoms with van der Waals surface area (Å²) < 4.78 is 27.8. The van der Waals surface area contributed by atoms with Crippen molar-refractivity contribution in [1.82, 2.24) is 14.6 Å². The van der Waals surface area contributed by atoms with Crippen LogP contribution in [0.2, 0.25) is 0 Å². The monoisotopic (exact) mass is 517 g/mol. The third-order valence-corrected chi connectivity index (χ3v) is 7.86. The Kier molecular flexibility index (Phi) is 6.74. The summed E-state index contributed by atoms with van der Waals surface area (Å²) >= 11 is 0. The summed E-state index contributed by atoms with van der Waals surface area (Å²) in [7, 11) is -3.25. The molecule has 0 spiro atoms. The number of nitrogens with one attached hydrogen (secondary N) is 3. The largest absolute Gasteiger partial charge is 0.384 e. The van der Waals surface area contributed by atoms with Crippen LogP contribution in [0.25, 0.3) is 21.7 Å². The molecule has 1 saturated carbocycles. The second-order valence-electron chi connectivity index (χ2n) is 9.85. The number of hydrogen-bond acceptors (Lipinski definition) is 4. The van der Waals surface area contributed by atoms with Gasteiger partial charge in [-0.25, -0.2) is 13.1 Å². The van der Waals surface area contributed by atoms with Crippen molar-refractivity contribution >= 4 is 43.4 Å². The van der Waals surface area contributed by atoms with Gasteiger partial charge in [-0.3, -0.25) is 10.2 Å². The lowest BCUT2D eigenvalue weighted by atomic mass is 9.92. The lowest BCUT2D eigenvalue weighted by Gasteiger charge is -2.29. The van der Waals surface area contributed by atoms with Gasteiger partial charge in [0.1, 0.15) is 11.5 Å². The zero-order valence-corrected chi connectivity index (χ0v) is 21.5. The molecule has 1 heterocycles. The van der Waals surface area contributed by atoms with Gasteiger partial charge in [0, 0.05) is 35.1 Å². The molecule has 9 heteroatoms. The number of aromatic nitrogens is 1. The number of nitrogens with two attached hydrogens (primary N) is 1. The van der Waals surface area contributed by atoms with Gasteiger partial charge in [0.2, 0.25) is 10.0 Å². The second-order valence-corrected chi connectivity index (χ2v) is 11.6. The predicted octanol–water partition coefficient (Wildman–Crippen LogP) is 3.72. The van der Waals surface area contributed by atoms with Crippen LogP contribution in [0.4, 0.5) is 0 Å². The highest BCUT2D eigenvalue weighted by molar-refractivity contribution is 7.88. The van der Waals surface area contributed by atoms with Gasteiger partial charge in [-0.05, 0) is 54.2 Å². The number of rotatable bonds is 7. The number of sulfonamides is 1. The molecule has 8 nitrogen and oxygen atoms in total. The fourth-order valence-corrected chi connectivity index (χ4v) is 6.14. The first kappa shape index (κ1) is 25.0. The van der Waals surface area contributed by atoms with Crippen molar-refractivity contribution in [3.63, 3.8) is 0 Å². The third-order valence-electron chi connectivity index (χ3n) is 7.10. The van der Waals surface area contributed by atoms with Crippen LogP contribution in [0.1, 0.15) is 47.3 Å². The van der Waals surface area contributed by atoms with Gasteiger partial charge in [0.25, 0.3) is 5.91 Å². The van der Waals surface area contributed by atoms with E-state index in [0.717, 1.165) is 27.2 Å². The summed E-state index contributed by atoms with van der Waals surface area (Å²) in [6.07, 6.45) is 3.94. The molecule has 192 valence electrons. The molecule has 0 aliphatic heterocycles. The molecule has 1 aromatic heterocycles. The first-order valence-electron chi connectivity index (χ1n) is 12.4. The fraction of sp³-hybridized carbons (Fsp3) is 0.286. The minimum Gasteiger partial charge on any atom is -0.384 e. The highest BCUT2D eigenvalue weighted by atomic mass is 32.2. The van der Waals surface area contributed by atoms with E-state index in [-0.39, 0.29) is 23.8 Å². The van der Waals surface area contributed by atoms with E-state index in [4.69, 9.17) is 11.1 Å². The first-order chi connectivity index (χ1) is 17.7. The Morgan fingerprint density at radius 1 is 0.973 bits per heavy atom. The molecule has 4 aromatic rings. The van der Waals surface area contributed by atoms with Crippen molar-refractivity contribution in [2.75, 3.05) is 6.26 Å². The van der Waals surface area contributed by atoms with Crippen molar-refractivity contribution < 1.29 is 13.2 Å². The molecule has 1 aliphatic rings. The number of carbonyl (C=O) groups excluding carboxylic acids is 1. The van der Waals surface area contributed by atoms with Crippen molar-refractivity contribution in [3.05, 3.63) is 83.6 Å². The smallest absolute Gasteiger partial charge is 0.268 e. The van der Waals surface area contributed by atoms with Crippen molar-refractivity contribution in [2.24, 2.45) is 5.73 Å². The Balaban J connectivity index is 1.46. The van der Waals surface area contributed by atoms with Gasteiger partial charge in [-0.2, -0.15) is 0 Å². The average molecular weight is 518 g/mol. The zero-order valence-electron chi connectivity index (χ0n) is 20.7. The number of hydrogen-bond donors (Lipinski definition) is 4. The molecule has 5 rings (SSSR count). The van der Waals surface area contributed by atoms with E-state index in [1.165, 1.54) is 6.26 Å². The SMILES string of the molecule is CS(=O)(=O)N[C@H]1CC[C@H](NC(=O)c2cc3ccc(C(=N)N)cc3n2Cc2cccc3ccccc23)CC1. The Bertz CT molecular complexity index is 1600. The van der Waals surface area contributed by atoms with Crippen LogP contribution < -0.4 is 15.8 Å². The fourth-order valence-electron chi connectivity index (χ4n) is 5.30. The molecular formula is C28H31N5O3S. The van der Waals surface area contributed by atoms with Crippen LogP contribution >= 0.6 is 0 Å². The zero-order chi connectivity index (χ0) is 26.2. The van der Waals surface area contributed by atoms with E-state index in [1.54, 1.807) is 6.07 Å². The van der Waals surface area contributed by atoms with Gasteiger partial charge >= 0.3 is 0 Å². The number of amidine groups is 1. The van der Waals surface area contributed by atoms with Crippen LogP contribution in [0.15, 0.2) is 66.7 Å². The highest BCUT2D eigenvalue weighted by Gasteiger charge is 2.26. The van der Waals surface area contributed by atoms with Crippen molar-refractivity contribution in [3.8, 4) is 0 Å². The molecule has 1 amide bonds. The van der Waals surface area contributed by atoms with Gasteiger partial charge in [0.05, 0.1) is 6.26 Å². The minimum atomic E-state index is -3.25. The maximum atomic E-state index is 13.6. The average Bonchev–Trinajstić information content (AvgIpc) is 3.22. The number of fused-ring (bicyclic) bond motifs is 2. The van der Waals surface area contributed by atoms with E-state index < -0.39 is 10.0 Å². The van der Waals surface area contributed by atoms with E-state index in [0.29, 0.717) is 43.5 Å². The second kappa shape index (κ2) is 9.99. The molecule has 1 aliphatic carbocycles. The van der Waals surface area contributed by atoms with Crippen molar-refractivity contribution in [1.29, 1.82) is 5.41 Å². The molecule has 0 saturated heterocycles. The maximum absolute atomic E-state index is 13.6. The molecule has 0 bridgehead atoms. The molecule has 37 heavy (non-hydrogen) atoms. The lowest BCUT2D eigenvalue weighted by Crippen LogP contribution is -2.43.